The zero-order valence-corrected chi connectivity index (χ0v) is 16.6. The normalized spacial score (nSPS) is 17.0. The second kappa shape index (κ2) is 7.84. The molecule has 0 saturated carbocycles. The van der Waals surface area contributed by atoms with E-state index < -0.39 is 0 Å². The van der Waals surface area contributed by atoms with Gasteiger partial charge in [0, 0.05) is 30.4 Å². The molecule has 1 atom stereocenters. The van der Waals surface area contributed by atoms with Crippen molar-refractivity contribution in [1.82, 2.24) is 20.4 Å². The van der Waals surface area contributed by atoms with E-state index in [1.807, 2.05) is 43.0 Å². The number of benzene rings is 1. The summed E-state index contributed by atoms with van der Waals surface area (Å²) >= 11 is 6.40. The molecule has 0 spiro atoms. The summed E-state index contributed by atoms with van der Waals surface area (Å²) in [6.45, 7) is 5.66. The van der Waals surface area contributed by atoms with Crippen molar-refractivity contribution < 1.29 is 9.32 Å². The summed E-state index contributed by atoms with van der Waals surface area (Å²) in [4.78, 5) is 19.7. The van der Waals surface area contributed by atoms with E-state index in [2.05, 4.69) is 15.5 Å². The molecule has 0 bridgehead atoms. The van der Waals surface area contributed by atoms with Gasteiger partial charge >= 0.3 is 0 Å². The molecule has 1 N–H and O–H groups in total. The highest BCUT2D eigenvalue weighted by Gasteiger charge is 2.31. The van der Waals surface area contributed by atoms with Gasteiger partial charge in [0.25, 0.3) is 11.6 Å². The molecule has 1 amide bonds. The van der Waals surface area contributed by atoms with Gasteiger partial charge in [-0.3, -0.25) is 4.79 Å². The van der Waals surface area contributed by atoms with Gasteiger partial charge in [0.15, 0.2) is 0 Å². The molecule has 1 unspecified atom stereocenters. The van der Waals surface area contributed by atoms with Gasteiger partial charge in [0.2, 0.25) is 0 Å². The summed E-state index contributed by atoms with van der Waals surface area (Å²) in [6.07, 6.45) is 0. The van der Waals surface area contributed by atoms with E-state index in [1.165, 1.54) is 0 Å². The van der Waals surface area contributed by atoms with Crippen LogP contribution in [0.4, 0.5) is 0 Å². The molecule has 1 saturated heterocycles. The molecule has 3 aromatic rings. The minimum Gasteiger partial charge on any atom is -0.336 e. The number of pyridine rings is 1. The maximum absolute atomic E-state index is 13.5. The fraction of sp³-hybridized carbons (Fsp3) is 0.316. The van der Waals surface area contributed by atoms with Gasteiger partial charge in [-0.25, -0.2) is 4.98 Å². The van der Waals surface area contributed by atoms with Crippen LogP contribution in [0.5, 0.6) is 0 Å². The highest BCUT2D eigenvalue weighted by atomic mass is 35.5. The average Bonchev–Trinajstić information content (AvgIpc) is 3.01. The van der Waals surface area contributed by atoms with Gasteiger partial charge in [-0.05, 0) is 31.5 Å². The minimum atomic E-state index is -0.131. The summed E-state index contributed by atoms with van der Waals surface area (Å²) in [5.74, 6) is -0.0572. The number of carbonyl (C=O) groups is 1. The van der Waals surface area contributed by atoms with Crippen LogP contribution in [-0.4, -0.2) is 40.6 Å². The van der Waals surface area contributed by atoms with Gasteiger partial charge in [0.05, 0.1) is 22.7 Å². The fourth-order valence-electron chi connectivity index (χ4n) is 3.51. The Morgan fingerprint density at radius 3 is 2.89 bits per heavy atom. The van der Waals surface area contributed by atoms with Crippen molar-refractivity contribution in [2.24, 2.45) is 0 Å². The molecule has 27 heavy (non-hydrogen) atoms. The molecular weight excluding hydrogens is 387 g/mol. The number of aromatic nitrogens is 2. The van der Waals surface area contributed by atoms with Crippen LogP contribution in [0.15, 0.2) is 34.9 Å². The van der Waals surface area contributed by atoms with Crippen molar-refractivity contribution in [1.29, 1.82) is 0 Å². The van der Waals surface area contributed by atoms with E-state index in [0.717, 1.165) is 17.8 Å². The topological polar surface area (TPSA) is 71.3 Å². The Hall–Kier alpha value is -2.15. The first-order valence-corrected chi connectivity index (χ1v) is 8.94. The lowest BCUT2D eigenvalue weighted by Gasteiger charge is -2.37. The van der Waals surface area contributed by atoms with Crippen LogP contribution in [0.25, 0.3) is 11.1 Å². The fourth-order valence-corrected chi connectivity index (χ4v) is 3.77. The van der Waals surface area contributed by atoms with Gasteiger partial charge in [-0.2, -0.15) is 0 Å². The summed E-state index contributed by atoms with van der Waals surface area (Å²) in [5, 5.41) is 8.67. The Morgan fingerprint density at radius 1 is 1.33 bits per heavy atom. The number of nitrogens with one attached hydrogen (secondary N) is 1. The molecule has 1 aromatic carbocycles. The number of aryl methyl sites for hydroxylation is 2. The lowest BCUT2D eigenvalue weighted by atomic mass is 10.0. The Labute approximate surface area is 168 Å². The number of fused-ring (bicyclic) bond motifs is 1. The summed E-state index contributed by atoms with van der Waals surface area (Å²) < 4.78 is 5.27. The van der Waals surface area contributed by atoms with Gasteiger partial charge in [-0.15, -0.1) is 12.4 Å². The van der Waals surface area contributed by atoms with E-state index in [4.69, 9.17) is 16.1 Å². The van der Waals surface area contributed by atoms with Crippen LogP contribution in [0, 0.1) is 13.8 Å². The summed E-state index contributed by atoms with van der Waals surface area (Å²) in [5.41, 5.74) is 3.31. The second-order valence-electron chi connectivity index (χ2n) is 6.50. The predicted molar refractivity (Wildman–Crippen MR) is 107 cm³/mol. The third kappa shape index (κ3) is 3.52. The Balaban J connectivity index is 0.00000210. The zero-order chi connectivity index (χ0) is 18.3. The number of amides is 1. The van der Waals surface area contributed by atoms with Crippen LogP contribution in [0.2, 0.25) is 5.02 Å². The van der Waals surface area contributed by atoms with Crippen molar-refractivity contribution in [3.8, 4) is 0 Å². The maximum Gasteiger partial charge on any atom is 0.258 e. The third-order valence-corrected chi connectivity index (χ3v) is 5.09. The Morgan fingerprint density at radius 2 is 2.11 bits per heavy atom. The van der Waals surface area contributed by atoms with Gasteiger partial charge in [-0.1, -0.05) is 35.0 Å². The van der Waals surface area contributed by atoms with Crippen molar-refractivity contribution in [3.05, 3.63) is 57.9 Å². The van der Waals surface area contributed by atoms with Crippen LogP contribution >= 0.6 is 24.0 Å². The average molecular weight is 407 g/mol. The molecule has 3 heterocycles. The van der Waals surface area contributed by atoms with E-state index in [9.17, 15) is 4.79 Å². The van der Waals surface area contributed by atoms with Gasteiger partial charge < -0.3 is 14.7 Å². The van der Waals surface area contributed by atoms with E-state index in [-0.39, 0.29) is 24.4 Å². The SMILES string of the molecule is Cc1cc(C(=O)N2CCNCC2c2ccccc2Cl)c2c(C)noc2n1.Cl. The van der Waals surface area contributed by atoms with Gasteiger partial charge in [0.1, 0.15) is 0 Å². The molecule has 8 heteroatoms. The number of carbonyl (C=O) groups excluding carboxylic acids is 1. The molecule has 2 aromatic heterocycles. The molecule has 0 aliphatic carbocycles. The highest BCUT2D eigenvalue weighted by molar-refractivity contribution is 6.31. The quantitative estimate of drug-likeness (QED) is 0.702. The minimum absolute atomic E-state index is 0. The number of hydrogen-bond acceptors (Lipinski definition) is 5. The lowest BCUT2D eigenvalue weighted by Crippen LogP contribution is -2.48. The van der Waals surface area contributed by atoms with E-state index >= 15 is 0 Å². The number of halogens is 2. The monoisotopic (exact) mass is 406 g/mol. The van der Waals surface area contributed by atoms with Crippen molar-refractivity contribution >= 4 is 41.0 Å². The maximum atomic E-state index is 13.5. The van der Waals surface area contributed by atoms with Crippen molar-refractivity contribution in [2.45, 2.75) is 19.9 Å². The summed E-state index contributed by atoms with van der Waals surface area (Å²) in [7, 11) is 0. The molecule has 1 aliphatic rings. The smallest absolute Gasteiger partial charge is 0.258 e. The number of rotatable bonds is 2. The zero-order valence-electron chi connectivity index (χ0n) is 15.0. The van der Waals surface area contributed by atoms with Crippen LogP contribution in [-0.2, 0) is 0 Å². The molecule has 1 fully saturated rings. The van der Waals surface area contributed by atoms with E-state index in [1.54, 1.807) is 6.07 Å². The van der Waals surface area contributed by atoms with Crippen LogP contribution in [0.1, 0.15) is 33.4 Å². The second-order valence-corrected chi connectivity index (χ2v) is 6.91. The highest BCUT2D eigenvalue weighted by Crippen LogP contribution is 2.31. The molecule has 4 rings (SSSR count). The third-order valence-electron chi connectivity index (χ3n) is 4.74. The molecule has 1 aliphatic heterocycles. The number of hydrogen-bond donors (Lipinski definition) is 1. The largest absolute Gasteiger partial charge is 0.336 e. The molecule has 6 nitrogen and oxygen atoms in total. The first-order valence-electron chi connectivity index (χ1n) is 8.56. The number of nitrogens with zero attached hydrogens (tertiary/aromatic N) is 3. The predicted octanol–water partition coefficient (Wildman–Crippen LogP) is 3.70. The Bertz CT molecular complexity index is 989. The molecule has 0 radical (unpaired) electrons. The van der Waals surface area contributed by atoms with Crippen LogP contribution in [0.3, 0.4) is 0 Å². The van der Waals surface area contributed by atoms with Crippen LogP contribution < -0.4 is 5.32 Å². The standard InChI is InChI=1S/C19H19ClN4O2.ClH/c1-11-9-14(17-12(2)23-26-18(17)22-11)19(25)24-8-7-21-10-16(24)13-5-3-4-6-15(13)20;/h3-6,9,16,21H,7-8,10H2,1-2H3;1H. The molecular formula is C19H20Cl2N4O2. The number of piperazine rings is 1. The molecule has 142 valence electrons. The first kappa shape index (κ1) is 19.6. The van der Waals surface area contributed by atoms with Crippen molar-refractivity contribution in [3.63, 3.8) is 0 Å². The van der Waals surface area contributed by atoms with E-state index in [0.29, 0.717) is 40.5 Å². The summed E-state index contributed by atoms with van der Waals surface area (Å²) in [6, 6.07) is 9.34. The lowest BCUT2D eigenvalue weighted by molar-refractivity contribution is 0.0636. The first-order chi connectivity index (χ1) is 12.6. The van der Waals surface area contributed by atoms with Crippen molar-refractivity contribution in [2.75, 3.05) is 19.6 Å². The Kier molecular flexibility index (Phi) is 5.69.